The van der Waals surface area contributed by atoms with Crippen molar-refractivity contribution in [1.29, 1.82) is 0 Å². The van der Waals surface area contributed by atoms with E-state index in [1.807, 2.05) is 18.2 Å². The van der Waals surface area contributed by atoms with Crippen LogP contribution in [0.5, 0.6) is 23.0 Å². The maximum absolute atomic E-state index is 5.39. The van der Waals surface area contributed by atoms with Crippen LogP contribution in [0.15, 0.2) is 30.3 Å². The minimum atomic E-state index is 0.655. The molecule has 0 bridgehead atoms. The molecule has 2 aromatic rings. The van der Waals surface area contributed by atoms with E-state index in [4.69, 9.17) is 18.9 Å². The van der Waals surface area contributed by atoms with Crippen molar-refractivity contribution in [3.8, 4) is 34.1 Å². The van der Waals surface area contributed by atoms with Gasteiger partial charge in [0.15, 0.2) is 11.5 Å². The zero-order valence-corrected chi connectivity index (χ0v) is 12.0. The average Bonchev–Trinajstić information content (AvgIpc) is 2.53. The van der Waals surface area contributed by atoms with Gasteiger partial charge in [0.25, 0.3) is 0 Å². The number of benzene rings is 2. The lowest BCUT2D eigenvalue weighted by atomic mass is 10.0. The fraction of sp³-hybridized carbons (Fsp3) is 0.250. The van der Waals surface area contributed by atoms with Crippen LogP contribution in [0.2, 0.25) is 0 Å². The van der Waals surface area contributed by atoms with E-state index in [2.05, 4.69) is 6.07 Å². The number of hydrogen-bond acceptors (Lipinski definition) is 4. The van der Waals surface area contributed by atoms with Crippen molar-refractivity contribution >= 4 is 0 Å². The first-order valence-electron chi connectivity index (χ1n) is 6.09. The van der Waals surface area contributed by atoms with E-state index in [-0.39, 0.29) is 0 Å². The summed E-state index contributed by atoms with van der Waals surface area (Å²) < 4.78 is 21.4. The molecule has 0 aliphatic rings. The molecule has 2 aromatic carbocycles. The minimum absolute atomic E-state index is 0.655. The summed E-state index contributed by atoms with van der Waals surface area (Å²) >= 11 is 0. The molecule has 0 spiro atoms. The summed E-state index contributed by atoms with van der Waals surface area (Å²) in [6.45, 7) is 0. The van der Waals surface area contributed by atoms with Gasteiger partial charge in [-0.15, -0.1) is 0 Å². The second-order valence-electron chi connectivity index (χ2n) is 4.04. The minimum Gasteiger partial charge on any atom is -0.496 e. The van der Waals surface area contributed by atoms with Crippen LogP contribution in [0.3, 0.4) is 0 Å². The molecule has 0 saturated carbocycles. The Morgan fingerprint density at radius 2 is 1.25 bits per heavy atom. The first-order valence-corrected chi connectivity index (χ1v) is 6.09. The predicted octanol–water partition coefficient (Wildman–Crippen LogP) is 3.19. The van der Waals surface area contributed by atoms with Gasteiger partial charge in [-0.2, -0.15) is 0 Å². The highest BCUT2D eigenvalue weighted by molar-refractivity contribution is 5.78. The van der Waals surface area contributed by atoms with Crippen LogP contribution in [0.4, 0.5) is 0 Å². The van der Waals surface area contributed by atoms with Crippen LogP contribution < -0.4 is 18.9 Å². The van der Waals surface area contributed by atoms with Crippen molar-refractivity contribution in [2.45, 2.75) is 0 Å². The van der Waals surface area contributed by atoms with Crippen LogP contribution in [0.25, 0.3) is 11.1 Å². The van der Waals surface area contributed by atoms with Crippen molar-refractivity contribution in [1.82, 2.24) is 0 Å². The van der Waals surface area contributed by atoms with Gasteiger partial charge in [0.1, 0.15) is 11.5 Å². The molecule has 0 aliphatic heterocycles. The molecule has 2 rings (SSSR count). The molecule has 0 fully saturated rings. The van der Waals surface area contributed by atoms with Gasteiger partial charge in [-0.25, -0.2) is 0 Å². The Morgan fingerprint density at radius 3 is 1.75 bits per heavy atom. The summed E-state index contributed by atoms with van der Waals surface area (Å²) in [6.07, 6.45) is 0. The summed E-state index contributed by atoms with van der Waals surface area (Å²) in [5.74, 6) is 2.71. The van der Waals surface area contributed by atoms with Gasteiger partial charge in [0.2, 0.25) is 0 Å². The van der Waals surface area contributed by atoms with Crippen LogP contribution >= 0.6 is 0 Å². The summed E-state index contributed by atoms with van der Waals surface area (Å²) in [5.41, 5.74) is 1.78. The summed E-state index contributed by atoms with van der Waals surface area (Å²) in [5, 5.41) is 0. The zero-order valence-electron chi connectivity index (χ0n) is 12.0. The highest BCUT2D eigenvalue weighted by Gasteiger charge is 2.14. The van der Waals surface area contributed by atoms with Gasteiger partial charge in [0, 0.05) is 0 Å². The Hall–Kier alpha value is -2.36. The van der Waals surface area contributed by atoms with E-state index in [0.717, 1.165) is 11.1 Å². The second kappa shape index (κ2) is 6.19. The van der Waals surface area contributed by atoms with Gasteiger partial charge in [0.05, 0.1) is 34.0 Å². The highest BCUT2D eigenvalue weighted by atomic mass is 16.5. The Balaban J connectivity index is 2.61. The predicted molar refractivity (Wildman–Crippen MR) is 76.9 cm³/mol. The molecule has 20 heavy (non-hydrogen) atoms. The van der Waals surface area contributed by atoms with Crippen LogP contribution in [0, 0.1) is 6.07 Å². The van der Waals surface area contributed by atoms with E-state index in [1.54, 1.807) is 40.6 Å². The molecule has 4 heteroatoms. The van der Waals surface area contributed by atoms with Gasteiger partial charge >= 0.3 is 0 Å². The summed E-state index contributed by atoms with van der Waals surface area (Å²) in [6, 6.07) is 12.2. The Morgan fingerprint density at radius 1 is 0.700 bits per heavy atom. The molecule has 0 aliphatic carbocycles. The normalized spacial score (nSPS) is 10.0. The molecule has 0 N–H and O–H groups in total. The molecule has 4 nitrogen and oxygen atoms in total. The Kier molecular flexibility index (Phi) is 4.35. The van der Waals surface area contributed by atoms with E-state index >= 15 is 0 Å². The van der Waals surface area contributed by atoms with E-state index in [0.29, 0.717) is 23.0 Å². The maximum Gasteiger partial charge on any atom is 0.161 e. The number of ether oxygens (including phenoxy) is 4. The molecule has 0 heterocycles. The van der Waals surface area contributed by atoms with Gasteiger partial charge in [-0.05, 0) is 35.9 Å². The van der Waals surface area contributed by atoms with Crippen molar-refractivity contribution in [2.24, 2.45) is 0 Å². The van der Waals surface area contributed by atoms with E-state index in [9.17, 15) is 0 Å². The lowest BCUT2D eigenvalue weighted by Gasteiger charge is -2.15. The van der Waals surface area contributed by atoms with Gasteiger partial charge in [-0.3, -0.25) is 0 Å². The third kappa shape index (κ3) is 2.50. The first-order chi connectivity index (χ1) is 9.74. The van der Waals surface area contributed by atoms with Crippen LogP contribution in [0.1, 0.15) is 0 Å². The van der Waals surface area contributed by atoms with Gasteiger partial charge in [-0.1, -0.05) is 6.07 Å². The molecule has 0 amide bonds. The van der Waals surface area contributed by atoms with E-state index < -0.39 is 0 Å². The Bertz CT molecular complexity index is 571. The highest BCUT2D eigenvalue weighted by Crippen LogP contribution is 2.41. The van der Waals surface area contributed by atoms with Crippen molar-refractivity contribution in [2.75, 3.05) is 28.4 Å². The molecule has 1 radical (unpaired) electrons. The van der Waals surface area contributed by atoms with Crippen molar-refractivity contribution < 1.29 is 18.9 Å². The third-order valence-electron chi connectivity index (χ3n) is 3.03. The largest absolute Gasteiger partial charge is 0.496 e. The SMILES string of the molecule is COc1ccc(-c2c(OC)c[c]cc2OC)cc1OC. The second-order valence-corrected chi connectivity index (χ2v) is 4.04. The first kappa shape index (κ1) is 14.1. The third-order valence-corrected chi connectivity index (χ3v) is 3.03. The van der Waals surface area contributed by atoms with Gasteiger partial charge < -0.3 is 18.9 Å². The number of hydrogen-bond donors (Lipinski definition) is 0. The molecular formula is C16H17O4. The molecule has 105 valence electrons. The zero-order chi connectivity index (χ0) is 14.5. The lowest BCUT2D eigenvalue weighted by molar-refractivity contribution is 0.355. The Labute approximate surface area is 118 Å². The quantitative estimate of drug-likeness (QED) is 0.838. The monoisotopic (exact) mass is 273 g/mol. The summed E-state index contributed by atoms with van der Waals surface area (Å²) in [4.78, 5) is 0. The fourth-order valence-corrected chi connectivity index (χ4v) is 2.06. The number of rotatable bonds is 5. The average molecular weight is 273 g/mol. The van der Waals surface area contributed by atoms with Crippen LogP contribution in [-0.2, 0) is 0 Å². The fourth-order valence-electron chi connectivity index (χ4n) is 2.06. The lowest BCUT2D eigenvalue weighted by Crippen LogP contribution is -1.95. The van der Waals surface area contributed by atoms with Crippen molar-refractivity contribution in [3.63, 3.8) is 0 Å². The smallest absolute Gasteiger partial charge is 0.161 e. The molecule has 0 aromatic heterocycles. The number of methoxy groups -OCH3 is 4. The molecule has 0 unspecified atom stereocenters. The van der Waals surface area contributed by atoms with Crippen LogP contribution in [-0.4, -0.2) is 28.4 Å². The topological polar surface area (TPSA) is 36.9 Å². The van der Waals surface area contributed by atoms with Crippen molar-refractivity contribution in [3.05, 3.63) is 36.4 Å². The summed E-state index contributed by atoms with van der Waals surface area (Å²) in [7, 11) is 6.45. The molecular weight excluding hydrogens is 256 g/mol. The molecule has 0 saturated heterocycles. The molecule has 0 atom stereocenters. The standard InChI is InChI=1S/C16H17O4/c1-17-12-9-8-11(10-15(12)20-4)16-13(18-2)6-5-7-14(16)19-3/h6-10H,1-4H3. The maximum atomic E-state index is 5.39. The van der Waals surface area contributed by atoms with E-state index in [1.165, 1.54) is 0 Å².